The van der Waals surface area contributed by atoms with Crippen LogP contribution in [0.3, 0.4) is 0 Å². The molecular formula is C53H64F3N3O6S3Si2. The molecule has 0 saturated carbocycles. The van der Waals surface area contributed by atoms with E-state index in [4.69, 9.17) is 14.0 Å². The Bertz CT molecular complexity index is 2640. The van der Waals surface area contributed by atoms with Gasteiger partial charge in [-0.15, -0.1) is 11.8 Å². The van der Waals surface area contributed by atoms with Crippen LogP contribution in [0.4, 0.5) is 18.9 Å². The van der Waals surface area contributed by atoms with Gasteiger partial charge in [-0.25, -0.2) is 22.0 Å². The van der Waals surface area contributed by atoms with Crippen LogP contribution < -0.4 is 31.2 Å². The second kappa shape index (κ2) is 22.9. The van der Waals surface area contributed by atoms with E-state index in [0.717, 1.165) is 37.8 Å². The Morgan fingerprint density at radius 1 is 0.586 bits per heavy atom. The summed E-state index contributed by atoms with van der Waals surface area (Å²) >= 11 is 1.46. The van der Waals surface area contributed by atoms with E-state index in [-0.39, 0.29) is 15.8 Å². The molecule has 0 aromatic heterocycles. The zero-order valence-electron chi connectivity index (χ0n) is 40.5. The molecule has 70 heavy (non-hydrogen) atoms. The molecule has 6 rings (SSSR count). The van der Waals surface area contributed by atoms with Crippen LogP contribution in [0.1, 0.15) is 48.0 Å². The van der Waals surface area contributed by atoms with Crippen molar-refractivity contribution in [3.05, 3.63) is 170 Å². The van der Waals surface area contributed by atoms with Crippen LogP contribution in [0, 0.1) is 0 Å². The second-order valence-corrected chi connectivity index (χ2v) is 32.4. The van der Waals surface area contributed by atoms with Gasteiger partial charge in [0.25, 0.3) is 26.5 Å². The monoisotopic (exact) mass is 1050 g/mol. The lowest BCUT2D eigenvalue weighted by atomic mass is 10.2. The molecule has 6 aromatic carbocycles. The standard InChI is InChI=1S/C53H64F3N3O6S3Si2/c1-51(2,3)69(45-24-14-8-15-25-45,46-26-16-9-17-27-46)64-38-36-59(37-39-65-70(52(4,5)6,47-28-18-10-19-29-47)48-30-20-11-21-31-48)35-34-42(41-66-43-22-12-7-13-23-43)58-49-33-32-44(68(57,62)63)40-50(49)67(60,61)53(54,55)56/h7-33,40,42,58H,34-39,41H2,1-6H3,(H2,57,62,63). The SMILES string of the molecule is CC(C)(C)[Si](OCCN(CCO[Si](c1ccccc1)(c1ccccc1)C(C)(C)C)CCC(CSc1ccccc1)Nc1ccc(S(N)(=O)=O)cc1S(=O)(=O)C(F)(F)F)(c1ccccc1)c1ccccc1. The molecule has 6 aromatic rings. The molecule has 0 bridgehead atoms. The predicted octanol–water partition coefficient (Wildman–Crippen LogP) is 9.05. The van der Waals surface area contributed by atoms with E-state index in [1.165, 1.54) is 11.8 Å². The number of benzene rings is 6. The number of halogens is 3. The molecule has 0 spiro atoms. The maximum absolute atomic E-state index is 14.2. The Morgan fingerprint density at radius 3 is 1.33 bits per heavy atom. The molecule has 0 heterocycles. The number of alkyl halides is 3. The van der Waals surface area contributed by atoms with Gasteiger partial charge >= 0.3 is 5.51 Å². The molecule has 0 aliphatic heterocycles. The van der Waals surface area contributed by atoms with Gasteiger partial charge in [-0.05, 0) is 67.6 Å². The first-order valence-electron chi connectivity index (χ1n) is 23.2. The Labute approximate surface area is 419 Å². The molecule has 0 radical (unpaired) electrons. The van der Waals surface area contributed by atoms with Gasteiger partial charge in [-0.1, -0.05) is 181 Å². The summed E-state index contributed by atoms with van der Waals surface area (Å²) < 4.78 is 108. The molecule has 0 fully saturated rings. The number of nitrogens with two attached hydrogens (primary N) is 1. The van der Waals surface area contributed by atoms with Crippen LogP contribution in [-0.4, -0.2) is 88.5 Å². The van der Waals surface area contributed by atoms with Gasteiger partial charge in [0.1, 0.15) is 4.90 Å². The average Bonchev–Trinajstić information content (AvgIpc) is 3.32. The topological polar surface area (TPSA) is 128 Å². The second-order valence-electron chi connectivity index (χ2n) is 19.3. The van der Waals surface area contributed by atoms with Gasteiger partial charge in [-0.3, -0.25) is 4.90 Å². The number of sulfonamides is 1. The molecule has 1 atom stereocenters. The molecule has 1 unspecified atom stereocenters. The highest BCUT2D eigenvalue weighted by Crippen LogP contribution is 2.39. The number of anilines is 1. The number of rotatable bonds is 22. The minimum absolute atomic E-state index is 0.288. The summed E-state index contributed by atoms with van der Waals surface area (Å²) in [5.41, 5.74) is -6.11. The number of hydrogen-bond acceptors (Lipinski definition) is 9. The van der Waals surface area contributed by atoms with Crippen molar-refractivity contribution in [2.45, 2.75) is 84.3 Å². The van der Waals surface area contributed by atoms with E-state index in [1.807, 2.05) is 103 Å². The maximum Gasteiger partial charge on any atom is 0.501 e. The fourth-order valence-electron chi connectivity index (χ4n) is 9.13. The molecule has 9 nitrogen and oxygen atoms in total. The lowest BCUT2D eigenvalue weighted by Gasteiger charge is -2.44. The van der Waals surface area contributed by atoms with Crippen molar-refractivity contribution in [2.24, 2.45) is 5.14 Å². The number of sulfone groups is 1. The molecule has 3 N–H and O–H groups in total. The minimum atomic E-state index is -6.03. The highest BCUT2D eigenvalue weighted by molar-refractivity contribution is 7.99. The minimum Gasteiger partial charge on any atom is -0.406 e. The van der Waals surface area contributed by atoms with E-state index in [9.17, 15) is 30.0 Å². The van der Waals surface area contributed by atoms with Gasteiger partial charge in [0.15, 0.2) is 0 Å². The number of thioether (sulfide) groups is 1. The van der Waals surface area contributed by atoms with Crippen molar-refractivity contribution in [2.75, 3.05) is 43.9 Å². The van der Waals surface area contributed by atoms with Crippen LogP contribution >= 0.6 is 11.8 Å². The summed E-state index contributed by atoms with van der Waals surface area (Å²) in [6.07, 6.45) is 0.334. The van der Waals surface area contributed by atoms with E-state index in [2.05, 4.69) is 100 Å². The normalized spacial score (nSPS) is 13.6. The molecule has 374 valence electrons. The summed E-state index contributed by atoms with van der Waals surface area (Å²) in [6, 6.07) is 52.8. The number of nitrogens with one attached hydrogen (secondary N) is 1. The number of nitrogens with zero attached hydrogens (tertiary/aromatic N) is 1. The quantitative estimate of drug-likeness (QED) is 0.0506. The third-order valence-corrected chi connectivity index (χ3v) is 26.2. The Morgan fingerprint density at radius 2 is 0.971 bits per heavy atom. The third-order valence-electron chi connectivity index (χ3n) is 12.5. The van der Waals surface area contributed by atoms with E-state index in [1.54, 1.807) is 0 Å². The van der Waals surface area contributed by atoms with Crippen LogP contribution in [-0.2, 0) is 28.7 Å². The third kappa shape index (κ3) is 12.7. The summed E-state index contributed by atoms with van der Waals surface area (Å²) in [7, 11) is -16.5. The van der Waals surface area contributed by atoms with Crippen molar-refractivity contribution in [1.29, 1.82) is 0 Å². The highest BCUT2D eigenvalue weighted by atomic mass is 32.2. The largest absolute Gasteiger partial charge is 0.501 e. The van der Waals surface area contributed by atoms with Crippen molar-refractivity contribution in [3.8, 4) is 0 Å². The van der Waals surface area contributed by atoms with Crippen molar-refractivity contribution >= 4 is 74.7 Å². The Kier molecular flexibility index (Phi) is 17.9. The highest BCUT2D eigenvalue weighted by Gasteiger charge is 2.52. The molecule has 0 aliphatic carbocycles. The maximum atomic E-state index is 14.2. The van der Waals surface area contributed by atoms with Crippen molar-refractivity contribution < 1.29 is 38.9 Å². The van der Waals surface area contributed by atoms with Crippen molar-refractivity contribution in [3.63, 3.8) is 0 Å². The van der Waals surface area contributed by atoms with E-state index >= 15 is 0 Å². The Balaban J connectivity index is 1.38. The summed E-state index contributed by atoms with van der Waals surface area (Å²) in [5.74, 6) is 0.317. The molecular weight excluding hydrogens is 984 g/mol. The zero-order valence-corrected chi connectivity index (χ0v) is 45.0. The lowest BCUT2D eigenvalue weighted by molar-refractivity contribution is -0.0435. The van der Waals surface area contributed by atoms with Crippen LogP contribution in [0.25, 0.3) is 0 Å². The summed E-state index contributed by atoms with van der Waals surface area (Å²) in [5, 5.41) is 12.4. The zero-order chi connectivity index (χ0) is 50.9. The first kappa shape index (κ1) is 54.8. The summed E-state index contributed by atoms with van der Waals surface area (Å²) in [6.45, 7) is 15.3. The number of primary sulfonamides is 1. The predicted molar refractivity (Wildman–Crippen MR) is 284 cm³/mol. The Hall–Kier alpha value is -4.57. The molecule has 0 amide bonds. The van der Waals surface area contributed by atoms with E-state index in [0.29, 0.717) is 51.1 Å². The first-order valence-corrected chi connectivity index (χ1v) is 31.0. The summed E-state index contributed by atoms with van der Waals surface area (Å²) in [4.78, 5) is 1.16. The van der Waals surface area contributed by atoms with Gasteiger partial charge < -0.3 is 14.2 Å². The molecule has 17 heteroatoms. The lowest BCUT2D eigenvalue weighted by Crippen LogP contribution is -2.67. The smallest absolute Gasteiger partial charge is 0.406 e. The first-order chi connectivity index (χ1) is 33.0. The van der Waals surface area contributed by atoms with Crippen LogP contribution in [0.15, 0.2) is 185 Å². The van der Waals surface area contributed by atoms with Crippen LogP contribution in [0.5, 0.6) is 0 Å². The van der Waals surface area contributed by atoms with Gasteiger partial charge in [0, 0.05) is 49.5 Å². The fourth-order valence-corrected chi connectivity index (χ4v) is 20.8. The average molecular weight is 1050 g/mol. The van der Waals surface area contributed by atoms with Gasteiger partial charge in [0.05, 0.1) is 10.6 Å². The number of hydrogen-bond donors (Lipinski definition) is 2. The van der Waals surface area contributed by atoms with Gasteiger partial charge in [-0.2, -0.15) is 13.2 Å². The molecule has 0 saturated heterocycles. The van der Waals surface area contributed by atoms with Crippen molar-refractivity contribution in [1.82, 2.24) is 4.90 Å². The fraction of sp³-hybridized carbons (Fsp3) is 0.321. The van der Waals surface area contributed by atoms with Gasteiger partial charge in [0.2, 0.25) is 10.0 Å². The van der Waals surface area contributed by atoms with E-state index < -0.39 is 57.8 Å². The molecule has 0 aliphatic rings. The van der Waals surface area contributed by atoms with Crippen LogP contribution in [0.2, 0.25) is 10.1 Å².